The first-order chi connectivity index (χ1) is 13.7. The van der Waals surface area contributed by atoms with E-state index in [1.807, 2.05) is 66.7 Å². The standard InChI is InChI=1S/C24H21NO3/c26-15-14-24-19-12-6-4-10-17(19)22(18-11-5-7-13-20(18)24)21(23(24)25(27)28)16-8-2-1-3-9-16/h1-13,21-23,26H,14-15H2. The number of aliphatic hydroxyl groups excluding tert-OH is 1. The summed E-state index contributed by atoms with van der Waals surface area (Å²) in [5, 5.41) is 22.6. The molecular weight excluding hydrogens is 350 g/mol. The summed E-state index contributed by atoms with van der Waals surface area (Å²) in [5.41, 5.74) is 4.47. The van der Waals surface area contributed by atoms with Gasteiger partial charge in [0.25, 0.3) is 0 Å². The summed E-state index contributed by atoms with van der Waals surface area (Å²) in [5.74, 6) is -0.335. The van der Waals surface area contributed by atoms with Gasteiger partial charge in [-0.3, -0.25) is 10.1 Å². The quantitative estimate of drug-likeness (QED) is 0.551. The molecule has 140 valence electrons. The van der Waals surface area contributed by atoms with Crippen molar-refractivity contribution >= 4 is 0 Å². The number of fused-ring (bicyclic) bond motifs is 1. The average molecular weight is 371 g/mol. The fourth-order valence-corrected chi connectivity index (χ4v) is 5.81. The van der Waals surface area contributed by atoms with Gasteiger partial charge in [-0.25, -0.2) is 0 Å². The fraction of sp³-hybridized carbons (Fsp3) is 0.250. The Morgan fingerprint density at radius 2 is 1.39 bits per heavy atom. The number of nitrogens with zero attached hydrogens (tertiary/aromatic N) is 1. The monoisotopic (exact) mass is 371 g/mol. The minimum Gasteiger partial charge on any atom is -0.396 e. The summed E-state index contributed by atoms with van der Waals surface area (Å²) in [6.07, 6.45) is 0.336. The molecule has 4 nitrogen and oxygen atoms in total. The second-order valence-electron chi connectivity index (χ2n) is 7.76. The van der Waals surface area contributed by atoms with Crippen LogP contribution in [0.4, 0.5) is 0 Å². The Hall–Kier alpha value is -2.98. The lowest BCUT2D eigenvalue weighted by molar-refractivity contribution is -0.540. The summed E-state index contributed by atoms with van der Waals surface area (Å²) in [6, 6.07) is 25.2. The second-order valence-corrected chi connectivity index (χ2v) is 7.76. The van der Waals surface area contributed by atoms with E-state index < -0.39 is 11.5 Å². The first-order valence-corrected chi connectivity index (χ1v) is 9.68. The van der Waals surface area contributed by atoms with Crippen LogP contribution in [0.1, 0.15) is 46.1 Å². The highest BCUT2D eigenvalue weighted by Crippen LogP contribution is 2.63. The van der Waals surface area contributed by atoms with Gasteiger partial charge in [0.05, 0.1) is 11.3 Å². The van der Waals surface area contributed by atoms with Crippen LogP contribution in [0.3, 0.4) is 0 Å². The van der Waals surface area contributed by atoms with Crippen molar-refractivity contribution in [1.29, 1.82) is 0 Å². The minimum atomic E-state index is -0.833. The number of nitro groups is 1. The molecular formula is C24H21NO3. The van der Waals surface area contributed by atoms with Crippen molar-refractivity contribution in [3.63, 3.8) is 0 Å². The van der Waals surface area contributed by atoms with Gasteiger partial charge < -0.3 is 5.11 Å². The second kappa shape index (κ2) is 6.28. The van der Waals surface area contributed by atoms with Crippen molar-refractivity contribution in [2.24, 2.45) is 0 Å². The van der Waals surface area contributed by atoms with E-state index in [0.29, 0.717) is 6.42 Å². The first-order valence-electron chi connectivity index (χ1n) is 9.68. The van der Waals surface area contributed by atoms with E-state index in [4.69, 9.17) is 0 Å². The van der Waals surface area contributed by atoms with Crippen LogP contribution < -0.4 is 0 Å². The molecule has 3 aliphatic carbocycles. The normalized spacial score (nSPS) is 27.1. The molecule has 0 radical (unpaired) electrons. The van der Waals surface area contributed by atoms with Gasteiger partial charge in [0.15, 0.2) is 0 Å². The predicted molar refractivity (Wildman–Crippen MR) is 107 cm³/mol. The van der Waals surface area contributed by atoms with Gasteiger partial charge in [-0.15, -0.1) is 0 Å². The molecule has 0 amide bonds. The third kappa shape index (κ3) is 2.09. The van der Waals surface area contributed by atoms with Crippen LogP contribution in [0.25, 0.3) is 0 Å². The van der Waals surface area contributed by atoms with E-state index in [9.17, 15) is 15.2 Å². The topological polar surface area (TPSA) is 63.4 Å². The molecule has 0 saturated heterocycles. The lowest BCUT2D eigenvalue weighted by atomic mass is 9.47. The molecule has 0 heterocycles. The molecule has 2 unspecified atom stereocenters. The van der Waals surface area contributed by atoms with Crippen LogP contribution in [0, 0.1) is 10.1 Å². The molecule has 28 heavy (non-hydrogen) atoms. The maximum atomic E-state index is 12.6. The Kier molecular flexibility index (Phi) is 3.84. The van der Waals surface area contributed by atoms with Crippen molar-refractivity contribution in [3.8, 4) is 0 Å². The Morgan fingerprint density at radius 1 is 0.857 bits per heavy atom. The zero-order chi connectivity index (χ0) is 19.3. The van der Waals surface area contributed by atoms with Gasteiger partial charge in [0, 0.05) is 17.4 Å². The van der Waals surface area contributed by atoms with Gasteiger partial charge in [-0.2, -0.15) is 0 Å². The molecule has 0 fully saturated rings. The summed E-state index contributed by atoms with van der Waals surface area (Å²) in [7, 11) is 0. The summed E-state index contributed by atoms with van der Waals surface area (Å²) < 4.78 is 0. The van der Waals surface area contributed by atoms with Gasteiger partial charge >= 0.3 is 0 Å². The van der Waals surface area contributed by atoms with Crippen LogP contribution in [-0.4, -0.2) is 22.7 Å². The molecule has 3 aromatic carbocycles. The van der Waals surface area contributed by atoms with Crippen LogP contribution in [0.5, 0.6) is 0 Å². The van der Waals surface area contributed by atoms with E-state index >= 15 is 0 Å². The van der Waals surface area contributed by atoms with Crippen LogP contribution in [0.15, 0.2) is 78.9 Å². The molecule has 6 rings (SSSR count). The Balaban J connectivity index is 1.91. The smallest absolute Gasteiger partial charge is 0.234 e. The molecule has 4 heteroatoms. The van der Waals surface area contributed by atoms with Gasteiger partial charge in [0.2, 0.25) is 6.04 Å². The number of hydrogen-bond donors (Lipinski definition) is 1. The van der Waals surface area contributed by atoms with Crippen LogP contribution >= 0.6 is 0 Å². The molecule has 0 aromatic heterocycles. The number of rotatable bonds is 4. The van der Waals surface area contributed by atoms with Gasteiger partial charge in [-0.1, -0.05) is 78.9 Å². The molecule has 3 aromatic rings. The predicted octanol–water partition coefficient (Wildman–Crippen LogP) is 4.24. The van der Waals surface area contributed by atoms with Crippen molar-refractivity contribution in [2.75, 3.05) is 6.61 Å². The SMILES string of the molecule is O=[N+]([O-])C1C(c2ccccc2)C2c3ccccc3C1(CCO)c1ccccc12. The number of aliphatic hydroxyl groups is 1. The van der Waals surface area contributed by atoms with Gasteiger partial charge in [0.1, 0.15) is 0 Å². The van der Waals surface area contributed by atoms with E-state index in [2.05, 4.69) is 12.1 Å². The summed E-state index contributed by atoms with van der Waals surface area (Å²) in [4.78, 5) is 12.4. The summed E-state index contributed by atoms with van der Waals surface area (Å²) in [6.45, 7) is -0.0980. The highest BCUT2D eigenvalue weighted by atomic mass is 16.6. The molecule has 2 atom stereocenters. The van der Waals surface area contributed by atoms with Gasteiger partial charge in [-0.05, 0) is 34.2 Å². The molecule has 3 aliphatic rings. The molecule has 2 bridgehead atoms. The number of benzene rings is 3. The highest BCUT2D eigenvalue weighted by molar-refractivity contribution is 5.63. The lowest BCUT2D eigenvalue weighted by Gasteiger charge is -2.54. The minimum absolute atomic E-state index is 0.0641. The Labute approximate surface area is 163 Å². The average Bonchev–Trinajstić information content (AvgIpc) is 2.74. The zero-order valence-corrected chi connectivity index (χ0v) is 15.4. The Morgan fingerprint density at radius 3 is 1.93 bits per heavy atom. The van der Waals surface area contributed by atoms with Crippen molar-refractivity contribution in [1.82, 2.24) is 0 Å². The van der Waals surface area contributed by atoms with E-state index in [1.165, 1.54) is 0 Å². The van der Waals surface area contributed by atoms with Crippen molar-refractivity contribution in [3.05, 3.63) is 117 Å². The molecule has 1 N–H and O–H groups in total. The highest BCUT2D eigenvalue weighted by Gasteiger charge is 2.64. The van der Waals surface area contributed by atoms with E-state index in [-0.39, 0.29) is 23.4 Å². The zero-order valence-electron chi connectivity index (χ0n) is 15.4. The van der Waals surface area contributed by atoms with E-state index in [1.54, 1.807) is 0 Å². The van der Waals surface area contributed by atoms with Crippen LogP contribution in [0.2, 0.25) is 0 Å². The Bertz CT molecular complexity index is 999. The lowest BCUT2D eigenvalue weighted by Crippen LogP contribution is -2.58. The molecule has 0 aliphatic heterocycles. The third-order valence-electron chi connectivity index (χ3n) is 6.67. The fourth-order valence-electron chi connectivity index (χ4n) is 5.81. The molecule has 0 saturated carbocycles. The third-order valence-corrected chi connectivity index (χ3v) is 6.67. The van der Waals surface area contributed by atoms with Crippen molar-refractivity contribution < 1.29 is 10.0 Å². The molecule has 0 spiro atoms. The van der Waals surface area contributed by atoms with Crippen molar-refractivity contribution in [2.45, 2.75) is 29.7 Å². The summed E-state index contributed by atoms with van der Waals surface area (Å²) >= 11 is 0. The van der Waals surface area contributed by atoms with E-state index in [0.717, 1.165) is 27.8 Å². The largest absolute Gasteiger partial charge is 0.396 e. The number of hydrogen-bond acceptors (Lipinski definition) is 3. The van der Waals surface area contributed by atoms with Crippen LogP contribution in [-0.2, 0) is 5.41 Å². The first kappa shape index (κ1) is 17.1. The maximum Gasteiger partial charge on any atom is 0.234 e. The maximum absolute atomic E-state index is 12.6.